The molecule has 0 saturated carbocycles. The van der Waals surface area contributed by atoms with Gasteiger partial charge in [-0.2, -0.15) is 4.98 Å². The minimum absolute atomic E-state index is 0.266. The van der Waals surface area contributed by atoms with Gasteiger partial charge in [-0.15, -0.1) is 0 Å². The Morgan fingerprint density at radius 3 is 3.05 bits per heavy atom. The lowest BCUT2D eigenvalue weighted by molar-refractivity contribution is 0.192. The molecule has 20 heavy (non-hydrogen) atoms. The summed E-state index contributed by atoms with van der Waals surface area (Å²) in [5.41, 5.74) is 2.15. The minimum Gasteiger partial charge on any atom is -0.381 e. The molecule has 0 radical (unpaired) electrons. The Morgan fingerprint density at radius 2 is 2.20 bits per heavy atom. The molecule has 3 heterocycles. The predicted octanol–water partition coefficient (Wildman–Crippen LogP) is 2.73. The Labute approximate surface area is 116 Å². The molecule has 0 bridgehead atoms. The van der Waals surface area contributed by atoms with Crippen LogP contribution in [-0.4, -0.2) is 27.9 Å². The number of hydrogen-bond acceptors (Lipinski definition) is 4. The molecule has 1 atom stereocenters. The lowest BCUT2D eigenvalue weighted by Crippen LogP contribution is -1.99. The zero-order valence-electron chi connectivity index (χ0n) is 11.2. The first-order valence-electron chi connectivity index (χ1n) is 6.79. The molecule has 1 saturated heterocycles. The number of benzene rings is 1. The maximum atomic E-state index is 5.45. The second-order valence-corrected chi connectivity index (χ2v) is 5.19. The summed E-state index contributed by atoms with van der Waals surface area (Å²) in [6.45, 7) is 1.47. The second kappa shape index (κ2) is 4.45. The summed E-state index contributed by atoms with van der Waals surface area (Å²) >= 11 is 0. The molecule has 5 nitrogen and oxygen atoms in total. The van der Waals surface area contributed by atoms with Crippen LogP contribution in [0, 0.1) is 0 Å². The SMILES string of the molecule is Cn1cc(-c2nc(C3CCOC3)no2)c2ccccc21. The first-order chi connectivity index (χ1) is 9.83. The maximum absolute atomic E-state index is 5.45. The molecule has 1 unspecified atom stereocenters. The Morgan fingerprint density at radius 1 is 1.30 bits per heavy atom. The zero-order valence-corrected chi connectivity index (χ0v) is 11.2. The molecular weight excluding hydrogens is 254 g/mol. The van der Waals surface area contributed by atoms with Crippen LogP contribution in [0.2, 0.25) is 0 Å². The molecule has 0 N–H and O–H groups in total. The second-order valence-electron chi connectivity index (χ2n) is 5.19. The molecular formula is C15H15N3O2. The smallest absolute Gasteiger partial charge is 0.260 e. The van der Waals surface area contributed by atoms with Gasteiger partial charge >= 0.3 is 0 Å². The normalized spacial score (nSPS) is 18.9. The van der Waals surface area contributed by atoms with E-state index < -0.39 is 0 Å². The maximum Gasteiger partial charge on any atom is 0.260 e. The highest BCUT2D eigenvalue weighted by atomic mass is 16.5. The summed E-state index contributed by atoms with van der Waals surface area (Å²) in [6, 6.07) is 8.21. The van der Waals surface area contributed by atoms with E-state index in [4.69, 9.17) is 9.26 Å². The van der Waals surface area contributed by atoms with E-state index in [0.717, 1.165) is 35.3 Å². The first-order valence-corrected chi connectivity index (χ1v) is 6.79. The van der Waals surface area contributed by atoms with Gasteiger partial charge in [0.2, 0.25) is 0 Å². The van der Waals surface area contributed by atoms with Crippen molar-refractivity contribution in [3.63, 3.8) is 0 Å². The van der Waals surface area contributed by atoms with Crippen molar-refractivity contribution in [1.82, 2.24) is 14.7 Å². The molecule has 4 rings (SSSR count). The summed E-state index contributed by atoms with van der Waals surface area (Å²) in [7, 11) is 2.02. The van der Waals surface area contributed by atoms with Crippen LogP contribution in [0.3, 0.4) is 0 Å². The highest BCUT2D eigenvalue weighted by Crippen LogP contribution is 2.31. The number of ether oxygens (including phenoxy) is 1. The van der Waals surface area contributed by atoms with Gasteiger partial charge in [-0.3, -0.25) is 0 Å². The average Bonchev–Trinajstić information content (AvgIpc) is 3.17. The van der Waals surface area contributed by atoms with Crippen LogP contribution in [0.1, 0.15) is 18.2 Å². The topological polar surface area (TPSA) is 53.1 Å². The summed E-state index contributed by atoms with van der Waals surface area (Å²) < 4.78 is 12.9. The highest BCUT2D eigenvalue weighted by molar-refractivity contribution is 5.93. The standard InChI is InChI=1S/C15H15N3O2/c1-18-8-12(11-4-2-3-5-13(11)18)15-16-14(17-20-15)10-6-7-19-9-10/h2-5,8,10H,6-7,9H2,1H3. The van der Waals surface area contributed by atoms with E-state index in [2.05, 4.69) is 26.8 Å². The monoisotopic (exact) mass is 269 g/mol. The quantitative estimate of drug-likeness (QED) is 0.717. The Hall–Kier alpha value is -2.14. The van der Waals surface area contributed by atoms with Crippen molar-refractivity contribution in [2.75, 3.05) is 13.2 Å². The highest BCUT2D eigenvalue weighted by Gasteiger charge is 2.24. The molecule has 1 aromatic carbocycles. The summed E-state index contributed by atoms with van der Waals surface area (Å²) in [5, 5.41) is 5.25. The fourth-order valence-electron chi connectivity index (χ4n) is 2.76. The molecule has 1 aliphatic rings. The largest absolute Gasteiger partial charge is 0.381 e. The van der Waals surface area contributed by atoms with Gasteiger partial charge in [0, 0.05) is 36.7 Å². The number of para-hydroxylation sites is 1. The molecule has 0 amide bonds. The van der Waals surface area contributed by atoms with Crippen molar-refractivity contribution >= 4 is 10.9 Å². The Kier molecular flexibility index (Phi) is 2.60. The third-order valence-corrected chi connectivity index (χ3v) is 3.86. The third kappa shape index (κ3) is 1.74. The van der Waals surface area contributed by atoms with Crippen LogP contribution >= 0.6 is 0 Å². The number of rotatable bonds is 2. The van der Waals surface area contributed by atoms with Crippen LogP contribution in [-0.2, 0) is 11.8 Å². The van der Waals surface area contributed by atoms with E-state index in [1.807, 2.05) is 25.4 Å². The van der Waals surface area contributed by atoms with Gasteiger partial charge in [-0.1, -0.05) is 23.4 Å². The van der Waals surface area contributed by atoms with E-state index in [1.54, 1.807) is 0 Å². The van der Waals surface area contributed by atoms with Gasteiger partial charge in [-0.05, 0) is 12.5 Å². The zero-order chi connectivity index (χ0) is 13.5. The molecule has 2 aromatic heterocycles. The molecule has 1 aliphatic heterocycles. The Balaban J connectivity index is 1.79. The van der Waals surface area contributed by atoms with E-state index in [0.29, 0.717) is 12.5 Å². The molecule has 3 aromatic rings. The van der Waals surface area contributed by atoms with Crippen LogP contribution in [0.25, 0.3) is 22.4 Å². The minimum atomic E-state index is 0.266. The van der Waals surface area contributed by atoms with E-state index in [1.165, 1.54) is 0 Å². The van der Waals surface area contributed by atoms with Crippen molar-refractivity contribution in [3.05, 3.63) is 36.3 Å². The average molecular weight is 269 g/mol. The molecule has 102 valence electrons. The number of aryl methyl sites for hydroxylation is 1. The molecule has 1 fully saturated rings. The fourth-order valence-corrected chi connectivity index (χ4v) is 2.76. The lowest BCUT2D eigenvalue weighted by Gasteiger charge is -1.97. The van der Waals surface area contributed by atoms with Crippen molar-refractivity contribution < 1.29 is 9.26 Å². The predicted molar refractivity (Wildman–Crippen MR) is 74.4 cm³/mol. The van der Waals surface area contributed by atoms with Gasteiger partial charge in [0.15, 0.2) is 5.82 Å². The molecule has 0 aliphatic carbocycles. The number of fused-ring (bicyclic) bond motifs is 1. The van der Waals surface area contributed by atoms with E-state index >= 15 is 0 Å². The van der Waals surface area contributed by atoms with Gasteiger partial charge < -0.3 is 13.8 Å². The number of aromatic nitrogens is 3. The van der Waals surface area contributed by atoms with Gasteiger partial charge in [0.25, 0.3) is 5.89 Å². The van der Waals surface area contributed by atoms with E-state index in [-0.39, 0.29) is 5.92 Å². The summed E-state index contributed by atoms with van der Waals surface area (Å²) in [4.78, 5) is 4.55. The van der Waals surface area contributed by atoms with Crippen molar-refractivity contribution in [3.8, 4) is 11.5 Å². The van der Waals surface area contributed by atoms with Crippen LogP contribution in [0.5, 0.6) is 0 Å². The van der Waals surface area contributed by atoms with Gasteiger partial charge in [-0.25, -0.2) is 0 Å². The third-order valence-electron chi connectivity index (χ3n) is 3.86. The summed E-state index contributed by atoms with van der Waals surface area (Å²) in [6.07, 6.45) is 3.00. The first kappa shape index (κ1) is 11.7. The van der Waals surface area contributed by atoms with Gasteiger partial charge in [0.1, 0.15) is 0 Å². The van der Waals surface area contributed by atoms with Crippen LogP contribution in [0.4, 0.5) is 0 Å². The molecule has 5 heteroatoms. The van der Waals surface area contributed by atoms with Crippen molar-refractivity contribution in [2.24, 2.45) is 7.05 Å². The lowest BCUT2D eigenvalue weighted by atomic mass is 10.1. The van der Waals surface area contributed by atoms with Gasteiger partial charge in [0.05, 0.1) is 12.2 Å². The van der Waals surface area contributed by atoms with Crippen molar-refractivity contribution in [2.45, 2.75) is 12.3 Å². The summed E-state index contributed by atoms with van der Waals surface area (Å²) in [5.74, 6) is 1.61. The van der Waals surface area contributed by atoms with E-state index in [9.17, 15) is 0 Å². The number of hydrogen-bond donors (Lipinski definition) is 0. The Bertz CT molecular complexity index is 753. The number of nitrogens with zero attached hydrogens (tertiary/aromatic N) is 3. The van der Waals surface area contributed by atoms with Crippen molar-refractivity contribution in [1.29, 1.82) is 0 Å². The van der Waals surface area contributed by atoms with Crippen LogP contribution in [0.15, 0.2) is 35.0 Å². The van der Waals surface area contributed by atoms with Crippen LogP contribution < -0.4 is 0 Å². The fraction of sp³-hybridized carbons (Fsp3) is 0.333. The molecule has 0 spiro atoms.